The fourth-order valence-corrected chi connectivity index (χ4v) is 4.24. The molecule has 0 saturated heterocycles. The molecule has 1 saturated carbocycles. The average Bonchev–Trinajstić information content (AvgIpc) is 3.24. The molecule has 26 heavy (non-hydrogen) atoms. The Hall–Kier alpha value is -2.62. The molecule has 4 heteroatoms. The van der Waals surface area contributed by atoms with E-state index in [2.05, 4.69) is 34.3 Å². The van der Waals surface area contributed by atoms with Crippen LogP contribution >= 0.6 is 0 Å². The van der Waals surface area contributed by atoms with Crippen molar-refractivity contribution >= 4 is 11.6 Å². The fraction of sp³-hybridized carbons (Fsp3) is 0.364. The van der Waals surface area contributed by atoms with Crippen LogP contribution in [0.1, 0.15) is 54.5 Å². The highest BCUT2D eigenvalue weighted by atomic mass is 16.6. The van der Waals surface area contributed by atoms with Crippen LogP contribution in [-0.2, 0) is 16.1 Å². The van der Waals surface area contributed by atoms with Gasteiger partial charge in [-0.25, -0.2) is 0 Å². The van der Waals surface area contributed by atoms with Crippen LogP contribution in [0.4, 0.5) is 0 Å². The minimum Gasteiger partial charge on any atom is -0.387 e. The predicted octanol–water partition coefficient (Wildman–Crippen LogP) is 4.18. The maximum atomic E-state index is 13.3. The van der Waals surface area contributed by atoms with E-state index in [1.54, 1.807) is 0 Å². The first-order valence-corrected chi connectivity index (χ1v) is 9.49. The van der Waals surface area contributed by atoms with Gasteiger partial charge in [0.1, 0.15) is 5.71 Å². The van der Waals surface area contributed by atoms with Crippen molar-refractivity contribution in [3.05, 3.63) is 71.3 Å². The zero-order valence-electron chi connectivity index (χ0n) is 14.7. The fourth-order valence-electron chi connectivity index (χ4n) is 4.24. The average molecular weight is 346 g/mol. The summed E-state index contributed by atoms with van der Waals surface area (Å²) in [5.74, 6) is 0.0626. The second kappa shape index (κ2) is 6.27. The highest BCUT2D eigenvalue weighted by molar-refractivity contribution is 6.39. The number of benzene rings is 2. The number of hydrogen-bond donors (Lipinski definition) is 0. The lowest BCUT2D eigenvalue weighted by Gasteiger charge is -2.29. The van der Waals surface area contributed by atoms with E-state index in [4.69, 9.17) is 4.84 Å². The zero-order valence-corrected chi connectivity index (χ0v) is 14.7. The first kappa shape index (κ1) is 15.6. The highest BCUT2D eigenvalue weighted by Gasteiger charge is 2.43. The normalized spacial score (nSPS) is 23.9. The van der Waals surface area contributed by atoms with Crippen molar-refractivity contribution < 1.29 is 9.63 Å². The molecule has 2 aromatic carbocycles. The molecular weight excluding hydrogens is 324 g/mol. The van der Waals surface area contributed by atoms with Gasteiger partial charge in [-0.05, 0) is 42.4 Å². The maximum absolute atomic E-state index is 13.3. The Balaban J connectivity index is 1.37. The van der Waals surface area contributed by atoms with Crippen LogP contribution in [0.2, 0.25) is 0 Å². The van der Waals surface area contributed by atoms with Gasteiger partial charge in [-0.15, -0.1) is 0 Å². The highest BCUT2D eigenvalue weighted by Crippen LogP contribution is 2.42. The SMILES string of the molecule is O=C(C1=NO[C@@H](c2ccccc2)C1)N(C1CC1)[C@@H]1CCc2ccccc21. The van der Waals surface area contributed by atoms with Crippen LogP contribution < -0.4 is 0 Å². The number of rotatable bonds is 4. The molecule has 1 amide bonds. The smallest absolute Gasteiger partial charge is 0.272 e. The quantitative estimate of drug-likeness (QED) is 0.833. The summed E-state index contributed by atoms with van der Waals surface area (Å²) < 4.78 is 0. The number of aryl methyl sites for hydroxylation is 1. The maximum Gasteiger partial charge on any atom is 0.272 e. The van der Waals surface area contributed by atoms with Gasteiger partial charge in [0.15, 0.2) is 6.10 Å². The Morgan fingerprint density at radius 1 is 1.00 bits per heavy atom. The topological polar surface area (TPSA) is 41.9 Å². The van der Waals surface area contributed by atoms with E-state index in [1.165, 1.54) is 11.1 Å². The third-order valence-electron chi connectivity index (χ3n) is 5.70. The van der Waals surface area contributed by atoms with Crippen molar-refractivity contribution in [2.24, 2.45) is 5.16 Å². The lowest BCUT2D eigenvalue weighted by molar-refractivity contribution is -0.127. The minimum absolute atomic E-state index is 0.0626. The Bertz CT molecular complexity index is 857. The third kappa shape index (κ3) is 2.70. The molecule has 3 aliphatic rings. The second-order valence-electron chi connectivity index (χ2n) is 7.44. The van der Waals surface area contributed by atoms with Gasteiger partial charge >= 0.3 is 0 Å². The predicted molar refractivity (Wildman–Crippen MR) is 99.7 cm³/mol. The Labute approximate surface area is 153 Å². The summed E-state index contributed by atoms with van der Waals surface area (Å²) in [6, 6.07) is 19.1. The summed E-state index contributed by atoms with van der Waals surface area (Å²) in [6.45, 7) is 0. The molecule has 5 rings (SSSR count). The number of carbonyl (C=O) groups is 1. The lowest BCUT2D eigenvalue weighted by Crippen LogP contribution is -2.40. The van der Waals surface area contributed by atoms with Gasteiger partial charge in [-0.3, -0.25) is 4.79 Å². The second-order valence-corrected chi connectivity index (χ2v) is 7.44. The van der Waals surface area contributed by atoms with Crippen LogP contribution in [0, 0.1) is 0 Å². The van der Waals surface area contributed by atoms with Crippen LogP contribution in [0.5, 0.6) is 0 Å². The summed E-state index contributed by atoms with van der Waals surface area (Å²) >= 11 is 0. The molecule has 2 atom stereocenters. The number of hydrogen-bond acceptors (Lipinski definition) is 3. The van der Waals surface area contributed by atoms with E-state index >= 15 is 0 Å². The molecular formula is C22H22N2O2. The molecule has 0 aromatic heterocycles. The molecule has 0 N–H and O–H groups in total. The van der Waals surface area contributed by atoms with E-state index in [0.717, 1.165) is 31.2 Å². The molecule has 1 aliphatic heterocycles. The lowest BCUT2D eigenvalue weighted by atomic mass is 10.0. The molecule has 2 aromatic rings. The van der Waals surface area contributed by atoms with E-state index in [0.29, 0.717) is 18.2 Å². The molecule has 0 spiro atoms. The molecule has 132 valence electrons. The Morgan fingerprint density at radius 2 is 1.77 bits per heavy atom. The number of amides is 1. The number of carbonyl (C=O) groups excluding carboxylic acids is 1. The first-order valence-electron chi connectivity index (χ1n) is 9.49. The summed E-state index contributed by atoms with van der Waals surface area (Å²) in [5.41, 5.74) is 4.33. The van der Waals surface area contributed by atoms with E-state index < -0.39 is 0 Å². The molecule has 2 aliphatic carbocycles. The Kier molecular flexibility index (Phi) is 3.77. The van der Waals surface area contributed by atoms with Gasteiger partial charge in [0, 0.05) is 12.5 Å². The minimum atomic E-state index is -0.146. The monoisotopic (exact) mass is 346 g/mol. The summed E-state index contributed by atoms with van der Waals surface area (Å²) in [7, 11) is 0. The summed E-state index contributed by atoms with van der Waals surface area (Å²) in [4.78, 5) is 21.0. The molecule has 0 radical (unpaired) electrons. The summed E-state index contributed by atoms with van der Waals surface area (Å²) in [6.07, 6.45) is 4.67. The molecule has 1 heterocycles. The van der Waals surface area contributed by atoms with Crippen LogP contribution in [0.3, 0.4) is 0 Å². The summed E-state index contributed by atoms with van der Waals surface area (Å²) in [5, 5.41) is 4.18. The molecule has 0 bridgehead atoms. The number of fused-ring (bicyclic) bond motifs is 1. The molecule has 0 unspecified atom stereocenters. The van der Waals surface area contributed by atoms with Crippen molar-refractivity contribution in [3.63, 3.8) is 0 Å². The van der Waals surface area contributed by atoms with E-state index in [9.17, 15) is 4.79 Å². The van der Waals surface area contributed by atoms with Crippen molar-refractivity contribution in [2.45, 2.75) is 50.3 Å². The van der Waals surface area contributed by atoms with Gasteiger partial charge < -0.3 is 9.74 Å². The van der Waals surface area contributed by atoms with Crippen molar-refractivity contribution in [2.75, 3.05) is 0 Å². The van der Waals surface area contributed by atoms with Crippen molar-refractivity contribution in [1.29, 1.82) is 0 Å². The third-order valence-corrected chi connectivity index (χ3v) is 5.70. The van der Waals surface area contributed by atoms with Gasteiger partial charge in [-0.1, -0.05) is 59.8 Å². The van der Waals surface area contributed by atoms with Gasteiger partial charge in [0.2, 0.25) is 0 Å². The largest absolute Gasteiger partial charge is 0.387 e. The zero-order chi connectivity index (χ0) is 17.5. The Morgan fingerprint density at radius 3 is 2.58 bits per heavy atom. The first-order chi connectivity index (χ1) is 12.8. The van der Waals surface area contributed by atoms with Crippen molar-refractivity contribution in [3.8, 4) is 0 Å². The van der Waals surface area contributed by atoms with E-state index in [1.807, 2.05) is 30.3 Å². The van der Waals surface area contributed by atoms with Gasteiger partial charge in [0.25, 0.3) is 5.91 Å². The molecule has 1 fully saturated rings. The number of oxime groups is 1. The number of nitrogens with zero attached hydrogens (tertiary/aromatic N) is 2. The van der Waals surface area contributed by atoms with Gasteiger partial charge in [0.05, 0.1) is 6.04 Å². The van der Waals surface area contributed by atoms with E-state index in [-0.39, 0.29) is 18.1 Å². The van der Waals surface area contributed by atoms with Crippen LogP contribution in [0.25, 0.3) is 0 Å². The standard InChI is InChI=1S/C22H22N2O2/c25-22(19-14-21(26-23-19)16-7-2-1-3-8-16)24(17-11-12-17)20-13-10-15-6-4-5-9-18(15)20/h1-9,17,20-21H,10-14H2/t20-,21-/m1/s1. The molecule has 4 nitrogen and oxygen atoms in total. The van der Waals surface area contributed by atoms with Crippen LogP contribution in [-0.4, -0.2) is 22.6 Å². The van der Waals surface area contributed by atoms with Gasteiger partial charge in [-0.2, -0.15) is 0 Å². The van der Waals surface area contributed by atoms with Crippen molar-refractivity contribution in [1.82, 2.24) is 4.90 Å². The van der Waals surface area contributed by atoms with Crippen LogP contribution in [0.15, 0.2) is 59.8 Å².